The molecule has 1 aliphatic carbocycles. The molecule has 6 heteroatoms. The van der Waals surface area contributed by atoms with E-state index in [2.05, 4.69) is 21.8 Å². The summed E-state index contributed by atoms with van der Waals surface area (Å²) in [6.45, 7) is 3.38. The van der Waals surface area contributed by atoms with Crippen LogP contribution in [0.25, 0.3) is 0 Å². The van der Waals surface area contributed by atoms with Gasteiger partial charge in [0.25, 0.3) is 0 Å². The van der Waals surface area contributed by atoms with E-state index in [1.165, 1.54) is 18.5 Å². The Balaban J connectivity index is 1.43. The van der Waals surface area contributed by atoms with Gasteiger partial charge in [-0.3, -0.25) is 9.48 Å². The molecule has 2 aliphatic heterocycles. The van der Waals surface area contributed by atoms with E-state index in [1.54, 1.807) is 0 Å². The molecule has 2 atom stereocenters. The second kappa shape index (κ2) is 4.81. The van der Waals surface area contributed by atoms with Crippen LogP contribution in [0, 0.1) is 11.3 Å². The summed E-state index contributed by atoms with van der Waals surface area (Å²) in [4.78, 5) is 12.6. The quantitative estimate of drug-likeness (QED) is 0.828. The van der Waals surface area contributed by atoms with Crippen molar-refractivity contribution in [3.63, 3.8) is 0 Å². The molecule has 1 saturated carbocycles. The number of hydrogen-bond acceptors (Lipinski definition) is 4. The van der Waals surface area contributed by atoms with Crippen molar-refractivity contribution >= 4 is 5.91 Å². The molecule has 6 nitrogen and oxygen atoms in total. The molecule has 4 rings (SSSR count). The molecule has 0 bridgehead atoms. The van der Waals surface area contributed by atoms with Crippen molar-refractivity contribution in [2.24, 2.45) is 18.4 Å². The second-order valence-electron chi connectivity index (χ2n) is 6.64. The van der Waals surface area contributed by atoms with E-state index >= 15 is 0 Å². The normalized spacial score (nSPS) is 31.4. The Labute approximate surface area is 124 Å². The lowest BCUT2D eigenvalue weighted by atomic mass is 9.80. The molecule has 2 saturated heterocycles. The SMILES string of the molecule is Cn1nc(C2CC2)cc1CNC(=O)[C@]12CNC[C@H]1COC2. The van der Waals surface area contributed by atoms with Gasteiger partial charge in [0.05, 0.1) is 36.6 Å². The van der Waals surface area contributed by atoms with E-state index in [-0.39, 0.29) is 11.3 Å². The molecule has 1 aromatic heterocycles. The summed E-state index contributed by atoms with van der Waals surface area (Å²) in [5.41, 5.74) is 1.88. The fraction of sp³-hybridized carbons (Fsp3) is 0.733. The maximum Gasteiger partial charge on any atom is 0.230 e. The van der Waals surface area contributed by atoms with Crippen LogP contribution < -0.4 is 10.6 Å². The van der Waals surface area contributed by atoms with Gasteiger partial charge in [-0.15, -0.1) is 0 Å². The summed E-state index contributed by atoms with van der Waals surface area (Å²) in [6, 6.07) is 2.13. The van der Waals surface area contributed by atoms with Gasteiger partial charge in [0.15, 0.2) is 0 Å². The molecule has 0 radical (unpaired) electrons. The Morgan fingerprint density at radius 2 is 2.48 bits per heavy atom. The lowest BCUT2D eigenvalue weighted by Gasteiger charge is -2.24. The zero-order chi connectivity index (χ0) is 14.4. The number of rotatable bonds is 4. The predicted octanol–water partition coefficient (Wildman–Crippen LogP) is 0.150. The number of aryl methyl sites for hydroxylation is 1. The number of nitrogens with zero attached hydrogens (tertiary/aromatic N) is 2. The first kappa shape index (κ1) is 13.3. The number of carbonyl (C=O) groups excluding carboxylic acids is 1. The highest BCUT2D eigenvalue weighted by Gasteiger charge is 2.52. The van der Waals surface area contributed by atoms with Gasteiger partial charge in [-0.1, -0.05) is 0 Å². The monoisotopic (exact) mass is 290 g/mol. The van der Waals surface area contributed by atoms with Crippen LogP contribution in [0.1, 0.15) is 30.1 Å². The second-order valence-corrected chi connectivity index (χ2v) is 6.64. The van der Waals surface area contributed by atoms with Crippen molar-refractivity contribution in [2.75, 3.05) is 26.3 Å². The molecule has 1 amide bonds. The van der Waals surface area contributed by atoms with Crippen molar-refractivity contribution in [2.45, 2.75) is 25.3 Å². The van der Waals surface area contributed by atoms with Gasteiger partial charge in [0.2, 0.25) is 5.91 Å². The zero-order valence-electron chi connectivity index (χ0n) is 12.4. The summed E-state index contributed by atoms with van der Waals surface area (Å²) in [7, 11) is 1.95. The van der Waals surface area contributed by atoms with Crippen LogP contribution in [0.3, 0.4) is 0 Å². The van der Waals surface area contributed by atoms with Crippen LogP contribution in [-0.4, -0.2) is 42.0 Å². The van der Waals surface area contributed by atoms with Crippen LogP contribution in [0.5, 0.6) is 0 Å². The highest BCUT2D eigenvalue weighted by molar-refractivity contribution is 5.84. The minimum atomic E-state index is -0.363. The molecular weight excluding hydrogens is 268 g/mol. The van der Waals surface area contributed by atoms with E-state index < -0.39 is 0 Å². The first-order valence-corrected chi connectivity index (χ1v) is 7.78. The zero-order valence-corrected chi connectivity index (χ0v) is 12.4. The van der Waals surface area contributed by atoms with Crippen LogP contribution >= 0.6 is 0 Å². The lowest BCUT2D eigenvalue weighted by Crippen LogP contribution is -2.46. The third-order valence-corrected chi connectivity index (χ3v) is 5.16. The van der Waals surface area contributed by atoms with Crippen molar-refractivity contribution < 1.29 is 9.53 Å². The van der Waals surface area contributed by atoms with Gasteiger partial charge in [0.1, 0.15) is 0 Å². The van der Waals surface area contributed by atoms with Gasteiger partial charge >= 0.3 is 0 Å². The molecule has 3 heterocycles. The first-order valence-electron chi connectivity index (χ1n) is 7.78. The Bertz CT molecular complexity index is 554. The van der Waals surface area contributed by atoms with E-state index in [0.717, 1.165) is 18.8 Å². The third-order valence-electron chi connectivity index (χ3n) is 5.16. The van der Waals surface area contributed by atoms with Crippen LogP contribution in [-0.2, 0) is 23.1 Å². The van der Waals surface area contributed by atoms with E-state index in [9.17, 15) is 4.79 Å². The fourth-order valence-electron chi connectivity index (χ4n) is 3.53. The lowest BCUT2D eigenvalue weighted by molar-refractivity contribution is -0.131. The minimum Gasteiger partial charge on any atom is -0.380 e. The summed E-state index contributed by atoms with van der Waals surface area (Å²) < 4.78 is 7.43. The summed E-state index contributed by atoms with van der Waals surface area (Å²) >= 11 is 0. The number of aromatic nitrogens is 2. The van der Waals surface area contributed by atoms with E-state index in [4.69, 9.17) is 4.74 Å². The highest BCUT2D eigenvalue weighted by Crippen LogP contribution is 2.39. The summed E-state index contributed by atoms with van der Waals surface area (Å²) in [5.74, 6) is 1.07. The van der Waals surface area contributed by atoms with Crippen LogP contribution in [0.4, 0.5) is 0 Å². The molecule has 0 aromatic carbocycles. The molecule has 3 aliphatic rings. The molecule has 0 unspecified atom stereocenters. The van der Waals surface area contributed by atoms with Crippen molar-refractivity contribution in [1.82, 2.24) is 20.4 Å². The molecule has 1 aromatic rings. The maximum absolute atomic E-state index is 12.6. The molecule has 114 valence electrons. The molecule has 3 fully saturated rings. The topological polar surface area (TPSA) is 68.2 Å². The van der Waals surface area contributed by atoms with Crippen LogP contribution in [0.15, 0.2) is 6.07 Å². The number of amides is 1. The predicted molar refractivity (Wildman–Crippen MR) is 76.6 cm³/mol. The van der Waals surface area contributed by atoms with Crippen molar-refractivity contribution in [1.29, 1.82) is 0 Å². The minimum absolute atomic E-state index is 0.115. The number of ether oxygens (including phenoxy) is 1. The van der Waals surface area contributed by atoms with Crippen molar-refractivity contribution in [3.8, 4) is 0 Å². The molecular formula is C15H22N4O2. The summed E-state index contributed by atoms with van der Waals surface area (Å²) in [6.07, 6.45) is 2.49. The molecule has 0 spiro atoms. The van der Waals surface area contributed by atoms with Gasteiger partial charge in [-0.2, -0.15) is 5.10 Å². The van der Waals surface area contributed by atoms with Gasteiger partial charge in [-0.25, -0.2) is 0 Å². The smallest absolute Gasteiger partial charge is 0.230 e. The van der Waals surface area contributed by atoms with E-state index in [1.807, 2.05) is 11.7 Å². The Hall–Kier alpha value is -1.40. The fourth-order valence-corrected chi connectivity index (χ4v) is 3.53. The third kappa shape index (κ3) is 2.17. The average Bonchev–Trinajstić information content (AvgIpc) is 2.93. The van der Waals surface area contributed by atoms with E-state index in [0.29, 0.717) is 31.6 Å². The Morgan fingerprint density at radius 1 is 1.62 bits per heavy atom. The van der Waals surface area contributed by atoms with Gasteiger partial charge in [-0.05, 0) is 18.9 Å². The maximum atomic E-state index is 12.6. The van der Waals surface area contributed by atoms with Crippen LogP contribution in [0.2, 0.25) is 0 Å². The largest absolute Gasteiger partial charge is 0.380 e. The number of hydrogen-bond donors (Lipinski definition) is 2. The Kier molecular flexibility index (Phi) is 3.04. The van der Waals surface area contributed by atoms with Gasteiger partial charge in [0, 0.05) is 32.0 Å². The highest BCUT2D eigenvalue weighted by atomic mass is 16.5. The summed E-state index contributed by atoms with van der Waals surface area (Å²) in [5, 5.41) is 11.0. The average molecular weight is 290 g/mol. The standard InChI is InChI=1S/C15H22N4O2/c1-19-12(4-13(18-19)10-2-3-10)6-17-14(20)15-8-16-5-11(15)7-21-9-15/h4,10-11,16H,2-3,5-9H2,1H3,(H,17,20)/t11-,15-/m0/s1. The first-order chi connectivity index (χ1) is 10.2. The molecule has 2 N–H and O–H groups in total. The van der Waals surface area contributed by atoms with Gasteiger partial charge < -0.3 is 15.4 Å². The number of nitrogens with one attached hydrogen (secondary N) is 2. The molecule has 21 heavy (non-hydrogen) atoms. The number of fused-ring (bicyclic) bond motifs is 1. The Morgan fingerprint density at radius 3 is 3.29 bits per heavy atom. The number of carbonyl (C=O) groups is 1. The van der Waals surface area contributed by atoms with Crippen molar-refractivity contribution in [3.05, 3.63) is 17.5 Å².